The van der Waals surface area contributed by atoms with E-state index in [1.54, 1.807) is 11.3 Å². The van der Waals surface area contributed by atoms with Gasteiger partial charge in [0.15, 0.2) is 11.5 Å². The number of thiophene rings is 1. The molecule has 1 aliphatic rings. The Kier molecular flexibility index (Phi) is 3.74. The van der Waals surface area contributed by atoms with E-state index >= 15 is 0 Å². The van der Waals surface area contributed by atoms with Crippen molar-refractivity contribution in [2.45, 2.75) is 6.04 Å². The molecule has 0 aliphatic carbocycles. The third kappa shape index (κ3) is 2.49. The molecule has 2 aromatic rings. The number of ether oxygens (including phenoxy) is 2. The Morgan fingerprint density at radius 1 is 1.21 bits per heavy atom. The van der Waals surface area contributed by atoms with Crippen molar-refractivity contribution in [3.8, 4) is 11.5 Å². The molecule has 1 aromatic heterocycles. The van der Waals surface area contributed by atoms with Crippen LogP contribution in [0.4, 0.5) is 0 Å². The van der Waals surface area contributed by atoms with Crippen LogP contribution in [0.2, 0.25) is 0 Å². The van der Waals surface area contributed by atoms with Gasteiger partial charge >= 0.3 is 0 Å². The van der Waals surface area contributed by atoms with Gasteiger partial charge in [0.1, 0.15) is 13.2 Å². The standard InChI is InChI=1S/C13H13BrN2O2S/c14-10-7-19-6-9(10)13(16-15)8-1-2-11-12(5-8)18-4-3-17-11/h1-2,5-7,13,16H,3-4,15H2. The Labute approximate surface area is 123 Å². The Morgan fingerprint density at radius 3 is 2.68 bits per heavy atom. The van der Waals surface area contributed by atoms with E-state index < -0.39 is 0 Å². The molecule has 0 bridgehead atoms. The van der Waals surface area contributed by atoms with Crippen LogP contribution < -0.4 is 20.7 Å². The van der Waals surface area contributed by atoms with Crippen molar-refractivity contribution in [2.24, 2.45) is 5.84 Å². The Morgan fingerprint density at radius 2 is 2.00 bits per heavy atom. The zero-order chi connectivity index (χ0) is 13.2. The predicted molar refractivity (Wildman–Crippen MR) is 78.6 cm³/mol. The molecule has 2 heterocycles. The Hall–Kier alpha value is -1.08. The lowest BCUT2D eigenvalue weighted by Crippen LogP contribution is -2.29. The first-order valence-electron chi connectivity index (χ1n) is 5.87. The maximum Gasteiger partial charge on any atom is 0.161 e. The summed E-state index contributed by atoms with van der Waals surface area (Å²) in [6.45, 7) is 1.18. The monoisotopic (exact) mass is 340 g/mol. The molecule has 1 atom stereocenters. The van der Waals surface area contributed by atoms with Crippen LogP contribution >= 0.6 is 27.3 Å². The summed E-state index contributed by atoms with van der Waals surface area (Å²) in [4.78, 5) is 0. The zero-order valence-corrected chi connectivity index (χ0v) is 12.5. The summed E-state index contributed by atoms with van der Waals surface area (Å²) in [5, 5.41) is 4.11. The number of rotatable bonds is 3. The minimum absolute atomic E-state index is 0.0727. The van der Waals surface area contributed by atoms with Crippen LogP contribution in [-0.4, -0.2) is 13.2 Å². The van der Waals surface area contributed by atoms with Crippen LogP contribution in [0.5, 0.6) is 11.5 Å². The number of hydrogen-bond acceptors (Lipinski definition) is 5. The van der Waals surface area contributed by atoms with Gasteiger partial charge in [-0.2, -0.15) is 11.3 Å². The smallest absolute Gasteiger partial charge is 0.161 e. The highest BCUT2D eigenvalue weighted by atomic mass is 79.9. The summed E-state index contributed by atoms with van der Waals surface area (Å²) in [7, 11) is 0. The number of hydrazine groups is 1. The van der Waals surface area contributed by atoms with Crippen molar-refractivity contribution in [1.29, 1.82) is 0 Å². The maximum absolute atomic E-state index is 5.70. The minimum atomic E-state index is -0.0727. The van der Waals surface area contributed by atoms with Crippen molar-refractivity contribution >= 4 is 27.3 Å². The lowest BCUT2D eigenvalue weighted by atomic mass is 10.0. The average Bonchev–Trinajstić information content (AvgIpc) is 2.86. The highest BCUT2D eigenvalue weighted by molar-refractivity contribution is 9.10. The summed E-state index contributed by atoms with van der Waals surface area (Å²) < 4.78 is 12.2. The van der Waals surface area contributed by atoms with Gasteiger partial charge in [-0.25, -0.2) is 5.43 Å². The molecule has 4 nitrogen and oxygen atoms in total. The number of nitrogens with one attached hydrogen (secondary N) is 1. The summed E-state index contributed by atoms with van der Waals surface area (Å²) in [5.74, 6) is 7.26. The van der Waals surface area contributed by atoms with Gasteiger partial charge < -0.3 is 9.47 Å². The van der Waals surface area contributed by atoms with Gasteiger partial charge in [-0.1, -0.05) is 6.07 Å². The predicted octanol–water partition coefficient (Wildman–Crippen LogP) is 2.83. The van der Waals surface area contributed by atoms with Crippen LogP contribution in [0.15, 0.2) is 33.4 Å². The van der Waals surface area contributed by atoms with Crippen molar-refractivity contribution in [2.75, 3.05) is 13.2 Å². The topological polar surface area (TPSA) is 56.5 Å². The normalized spacial score (nSPS) is 15.3. The number of halogens is 1. The summed E-state index contributed by atoms with van der Waals surface area (Å²) in [5.41, 5.74) is 5.01. The number of nitrogens with two attached hydrogens (primary N) is 1. The van der Waals surface area contributed by atoms with Gasteiger partial charge in [-0.05, 0) is 44.6 Å². The van der Waals surface area contributed by atoms with Gasteiger partial charge in [0.2, 0.25) is 0 Å². The van der Waals surface area contributed by atoms with Gasteiger partial charge in [0, 0.05) is 9.85 Å². The summed E-state index contributed by atoms with van der Waals surface area (Å²) >= 11 is 5.17. The summed E-state index contributed by atoms with van der Waals surface area (Å²) in [6, 6.07) is 5.83. The van der Waals surface area contributed by atoms with Crippen LogP contribution in [0.25, 0.3) is 0 Å². The minimum Gasteiger partial charge on any atom is -0.486 e. The van der Waals surface area contributed by atoms with E-state index in [1.165, 1.54) is 0 Å². The van der Waals surface area contributed by atoms with E-state index in [2.05, 4.69) is 26.7 Å². The average molecular weight is 341 g/mol. The maximum atomic E-state index is 5.70. The van der Waals surface area contributed by atoms with Gasteiger partial charge in [-0.15, -0.1) is 0 Å². The second-order valence-electron chi connectivity index (χ2n) is 4.18. The van der Waals surface area contributed by atoms with E-state index in [9.17, 15) is 0 Å². The van der Waals surface area contributed by atoms with Crippen molar-refractivity contribution in [3.63, 3.8) is 0 Å². The fourth-order valence-electron chi connectivity index (χ4n) is 2.10. The molecule has 3 N–H and O–H groups in total. The molecule has 3 rings (SSSR count). The fourth-order valence-corrected chi connectivity index (χ4v) is 3.65. The highest BCUT2D eigenvalue weighted by Gasteiger charge is 2.19. The molecule has 100 valence electrons. The van der Waals surface area contributed by atoms with E-state index in [1.807, 2.05) is 23.6 Å². The molecule has 0 radical (unpaired) electrons. The number of fused-ring (bicyclic) bond motifs is 1. The van der Waals surface area contributed by atoms with Crippen LogP contribution in [0, 0.1) is 0 Å². The number of benzene rings is 1. The Bertz CT molecular complexity index is 588. The molecular weight excluding hydrogens is 328 g/mol. The quantitative estimate of drug-likeness (QED) is 0.666. The molecule has 0 fully saturated rings. The van der Waals surface area contributed by atoms with Crippen LogP contribution in [0.1, 0.15) is 17.2 Å². The molecule has 1 aliphatic heterocycles. The third-order valence-electron chi connectivity index (χ3n) is 3.02. The molecule has 1 aromatic carbocycles. The molecule has 6 heteroatoms. The summed E-state index contributed by atoms with van der Waals surface area (Å²) in [6.07, 6.45) is 0. The highest BCUT2D eigenvalue weighted by Crippen LogP contribution is 2.36. The van der Waals surface area contributed by atoms with Gasteiger partial charge in [-0.3, -0.25) is 5.84 Å². The largest absolute Gasteiger partial charge is 0.486 e. The fraction of sp³-hybridized carbons (Fsp3) is 0.231. The van der Waals surface area contributed by atoms with E-state index in [0.717, 1.165) is 27.1 Å². The van der Waals surface area contributed by atoms with Crippen molar-refractivity contribution in [1.82, 2.24) is 5.43 Å². The molecule has 0 saturated heterocycles. The van der Waals surface area contributed by atoms with Gasteiger partial charge in [0.05, 0.1) is 6.04 Å². The van der Waals surface area contributed by atoms with Crippen molar-refractivity contribution in [3.05, 3.63) is 44.6 Å². The van der Waals surface area contributed by atoms with Crippen molar-refractivity contribution < 1.29 is 9.47 Å². The Balaban J connectivity index is 1.98. The second-order valence-corrected chi connectivity index (χ2v) is 5.78. The van der Waals surface area contributed by atoms with E-state index in [4.69, 9.17) is 15.3 Å². The second kappa shape index (κ2) is 5.50. The molecule has 0 amide bonds. The first kappa shape index (κ1) is 12.9. The van der Waals surface area contributed by atoms with Crippen LogP contribution in [-0.2, 0) is 0 Å². The molecule has 0 spiro atoms. The van der Waals surface area contributed by atoms with Gasteiger partial charge in [0.25, 0.3) is 0 Å². The van der Waals surface area contributed by atoms with E-state index in [0.29, 0.717) is 13.2 Å². The first-order valence-corrected chi connectivity index (χ1v) is 7.60. The molecular formula is C13H13BrN2O2S. The zero-order valence-electron chi connectivity index (χ0n) is 10.1. The van der Waals surface area contributed by atoms with Crippen LogP contribution in [0.3, 0.4) is 0 Å². The lowest BCUT2D eigenvalue weighted by molar-refractivity contribution is 0.171. The lowest BCUT2D eigenvalue weighted by Gasteiger charge is -2.22. The molecule has 19 heavy (non-hydrogen) atoms. The first-order chi connectivity index (χ1) is 9.29. The molecule has 1 unspecified atom stereocenters. The molecule has 0 saturated carbocycles. The number of hydrogen-bond donors (Lipinski definition) is 2. The van der Waals surface area contributed by atoms with E-state index in [-0.39, 0.29) is 6.04 Å². The SMILES string of the molecule is NNC(c1ccc2c(c1)OCCO2)c1cscc1Br. The third-order valence-corrected chi connectivity index (χ3v) is 4.77.